The zero-order chi connectivity index (χ0) is 39.4. The Morgan fingerprint density at radius 2 is 0.889 bits per heavy atom. The summed E-state index contributed by atoms with van der Waals surface area (Å²) < 4.78 is 5.43. The van der Waals surface area contributed by atoms with E-state index in [2.05, 4.69) is 43.5 Å². The molecule has 0 saturated carbocycles. The highest BCUT2D eigenvalue weighted by Crippen LogP contribution is 2.15. The first-order chi connectivity index (χ1) is 26.5. The van der Waals surface area contributed by atoms with Crippen molar-refractivity contribution in [1.29, 1.82) is 0 Å². The van der Waals surface area contributed by atoms with Gasteiger partial charge >= 0.3 is 5.97 Å². The summed E-state index contributed by atoms with van der Waals surface area (Å²) in [5.74, 6) is -0.141. The molecule has 3 N–H and O–H groups in total. The van der Waals surface area contributed by atoms with Gasteiger partial charge in [0, 0.05) is 12.8 Å². The molecule has 0 rings (SSSR count). The van der Waals surface area contributed by atoms with Crippen molar-refractivity contribution in [2.24, 2.45) is 0 Å². The number of rotatable bonds is 43. The summed E-state index contributed by atoms with van der Waals surface area (Å²) in [6, 6.07) is -0.578. The smallest absolute Gasteiger partial charge is 0.305 e. The third kappa shape index (κ3) is 40.0. The van der Waals surface area contributed by atoms with E-state index in [1.807, 2.05) is 0 Å². The van der Waals surface area contributed by atoms with E-state index in [9.17, 15) is 19.8 Å². The van der Waals surface area contributed by atoms with Crippen molar-refractivity contribution in [3.05, 3.63) is 24.3 Å². The molecule has 6 nitrogen and oxygen atoms in total. The van der Waals surface area contributed by atoms with Gasteiger partial charge in [0.2, 0.25) is 5.91 Å². The van der Waals surface area contributed by atoms with Gasteiger partial charge in [0.1, 0.15) is 0 Å². The van der Waals surface area contributed by atoms with Gasteiger partial charge in [-0.15, -0.1) is 0 Å². The maximum atomic E-state index is 12.4. The van der Waals surface area contributed by atoms with Crippen LogP contribution in [0.3, 0.4) is 0 Å². The molecule has 6 heteroatoms. The molecular weight excluding hydrogens is 671 g/mol. The molecule has 0 aromatic rings. The number of unbranched alkanes of at least 4 members (excludes halogenated alkanes) is 28. The van der Waals surface area contributed by atoms with E-state index in [1.165, 1.54) is 141 Å². The second-order valence-electron chi connectivity index (χ2n) is 16.1. The quantitative estimate of drug-likeness (QED) is 0.0327. The Morgan fingerprint density at radius 3 is 1.35 bits per heavy atom. The van der Waals surface area contributed by atoms with Crippen molar-refractivity contribution < 1.29 is 24.5 Å². The molecular formula is C48H91NO5. The second-order valence-corrected chi connectivity index (χ2v) is 16.1. The number of esters is 1. The number of carbonyl (C=O) groups excluding carboxylic acids is 2. The van der Waals surface area contributed by atoms with Crippen molar-refractivity contribution in [2.45, 2.75) is 257 Å². The van der Waals surface area contributed by atoms with Crippen molar-refractivity contribution in [1.82, 2.24) is 5.32 Å². The average molecular weight is 762 g/mol. The summed E-state index contributed by atoms with van der Waals surface area (Å²) in [6.07, 6.45) is 50.0. The molecule has 1 amide bonds. The molecule has 0 aliphatic carbocycles. The molecule has 0 spiro atoms. The number of carbonyl (C=O) groups is 2. The number of amides is 1. The van der Waals surface area contributed by atoms with Crippen LogP contribution in [0, 0.1) is 0 Å². The van der Waals surface area contributed by atoms with Crippen LogP contribution < -0.4 is 5.32 Å². The Bertz CT molecular complexity index is 843. The highest BCUT2D eigenvalue weighted by Gasteiger charge is 2.19. The molecule has 0 radical (unpaired) electrons. The largest absolute Gasteiger partial charge is 0.466 e. The van der Waals surface area contributed by atoms with Gasteiger partial charge in [-0.05, 0) is 70.6 Å². The van der Waals surface area contributed by atoms with Gasteiger partial charge in [-0.1, -0.05) is 186 Å². The molecule has 318 valence electrons. The van der Waals surface area contributed by atoms with Crippen molar-refractivity contribution in [3.63, 3.8) is 0 Å². The van der Waals surface area contributed by atoms with E-state index in [0.29, 0.717) is 25.9 Å². The minimum Gasteiger partial charge on any atom is -0.466 e. The lowest BCUT2D eigenvalue weighted by Crippen LogP contribution is -2.45. The van der Waals surface area contributed by atoms with E-state index in [0.717, 1.165) is 70.6 Å². The van der Waals surface area contributed by atoms with E-state index in [4.69, 9.17) is 4.74 Å². The van der Waals surface area contributed by atoms with Crippen molar-refractivity contribution in [3.8, 4) is 0 Å². The first kappa shape index (κ1) is 52.3. The molecule has 2 unspecified atom stereocenters. The van der Waals surface area contributed by atoms with Crippen LogP contribution in [0.25, 0.3) is 0 Å². The lowest BCUT2D eigenvalue weighted by Gasteiger charge is -2.22. The van der Waals surface area contributed by atoms with Gasteiger partial charge in [-0.3, -0.25) is 9.59 Å². The van der Waals surface area contributed by atoms with Gasteiger partial charge < -0.3 is 20.3 Å². The lowest BCUT2D eigenvalue weighted by atomic mass is 10.0. The number of ether oxygens (including phenoxy) is 1. The molecule has 2 atom stereocenters. The van der Waals surface area contributed by atoms with Crippen LogP contribution in [-0.2, 0) is 14.3 Å². The number of nitrogens with one attached hydrogen (secondary N) is 1. The predicted octanol–water partition coefficient (Wildman–Crippen LogP) is 13.6. The van der Waals surface area contributed by atoms with E-state index in [-0.39, 0.29) is 18.5 Å². The molecule has 0 aliphatic rings. The Labute approximate surface area is 335 Å². The van der Waals surface area contributed by atoms with E-state index >= 15 is 0 Å². The number of aliphatic hydroxyl groups is 2. The van der Waals surface area contributed by atoms with Crippen LogP contribution in [0.1, 0.15) is 245 Å². The number of hydrogen-bond acceptors (Lipinski definition) is 5. The molecule has 54 heavy (non-hydrogen) atoms. The summed E-state index contributed by atoms with van der Waals surface area (Å²) in [6.45, 7) is 4.84. The van der Waals surface area contributed by atoms with E-state index in [1.54, 1.807) is 0 Å². The highest BCUT2D eigenvalue weighted by molar-refractivity contribution is 5.76. The van der Waals surface area contributed by atoms with Gasteiger partial charge in [-0.2, -0.15) is 0 Å². The normalized spacial score (nSPS) is 12.9. The molecule has 0 aliphatic heterocycles. The standard InChI is InChI=1S/C48H91NO5/c1-3-5-7-9-11-13-15-17-18-20-22-26-30-34-38-42-48(53)54-43-39-35-31-27-23-25-29-33-37-41-47(52)49-45(44-50)46(51)40-36-32-28-24-21-19-16-14-12-10-8-6-4-2/h17-18,25,29,45-46,50-51H,3-16,19-24,26-28,30-44H2,1-2H3,(H,49,52)/b18-17-,29-25-. The van der Waals surface area contributed by atoms with Crippen LogP contribution in [0.2, 0.25) is 0 Å². The number of hydrogen-bond donors (Lipinski definition) is 3. The van der Waals surface area contributed by atoms with Crippen LogP contribution in [0.4, 0.5) is 0 Å². The van der Waals surface area contributed by atoms with Gasteiger partial charge in [0.15, 0.2) is 0 Å². The average Bonchev–Trinajstić information content (AvgIpc) is 3.17. The SMILES string of the molecule is CCCCCCCC/C=C\CCCCCCCC(=O)OCCCCCC/C=C\CCCC(=O)NC(CO)C(O)CCCCCCCCCCCCCCC. The lowest BCUT2D eigenvalue weighted by molar-refractivity contribution is -0.143. The predicted molar refractivity (Wildman–Crippen MR) is 232 cm³/mol. The van der Waals surface area contributed by atoms with Crippen molar-refractivity contribution >= 4 is 11.9 Å². The minimum absolute atomic E-state index is 0.0441. The molecule has 0 aromatic heterocycles. The maximum Gasteiger partial charge on any atom is 0.305 e. The van der Waals surface area contributed by atoms with Crippen molar-refractivity contribution in [2.75, 3.05) is 13.2 Å². The number of allylic oxidation sites excluding steroid dienone is 4. The minimum atomic E-state index is -0.694. The number of aliphatic hydroxyl groups excluding tert-OH is 2. The summed E-state index contributed by atoms with van der Waals surface area (Å²) in [5.41, 5.74) is 0. The van der Waals surface area contributed by atoms with Crippen LogP contribution >= 0.6 is 0 Å². The molecule has 0 fully saturated rings. The Kier molecular flexibility index (Phi) is 42.7. The summed E-state index contributed by atoms with van der Waals surface area (Å²) in [4.78, 5) is 24.4. The summed E-state index contributed by atoms with van der Waals surface area (Å²) in [7, 11) is 0. The third-order valence-electron chi connectivity index (χ3n) is 10.7. The fraction of sp³-hybridized carbons (Fsp3) is 0.875. The maximum absolute atomic E-state index is 12.4. The Hall–Kier alpha value is -1.66. The summed E-state index contributed by atoms with van der Waals surface area (Å²) in [5, 5.41) is 23.1. The van der Waals surface area contributed by atoms with Crippen LogP contribution in [-0.4, -0.2) is 47.4 Å². The Balaban J connectivity index is 3.55. The van der Waals surface area contributed by atoms with Gasteiger partial charge in [0.25, 0.3) is 0 Å². The molecule has 0 saturated heterocycles. The van der Waals surface area contributed by atoms with Crippen LogP contribution in [0.5, 0.6) is 0 Å². The van der Waals surface area contributed by atoms with Gasteiger partial charge in [0.05, 0.1) is 25.4 Å². The monoisotopic (exact) mass is 762 g/mol. The molecule has 0 aromatic carbocycles. The second kappa shape index (κ2) is 44.1. The zero-order valence-corrected chi connectivity index (χ0v) is 36.0. The molecule has 0 bridgehead atoms. The third-order valence-corrected chi connectivity index (χ3v) is 10.7. The van der Waals surface area contributed by atoms with Gasteiger partial charge in [-0.25, -0.2) is 0 Å². The molecule has 0 heterocycles. The first-order valence-electron chi connectivity index (χ1n) is 23.6. The fourth-order valence-corrected chi connectivity index (χ4v) is 7.05. The highest BCUT2D eigenvalue weighted by atomic mass is 16.5. The topological polar surface area (TPSA) is 95.9 Å². The zero-order valence-electron chi connectivity index (χ0n) is 36.0. The first-order valence-corrected chi connectivity index (χ1v) is 23.6. The van der Waals surface area contributed by atoms with Crippen LogP contribution in [0.15, 0.2) is 24.3 Å². The Morgan fingerprint density at radius 1 is 0.500 bits per heavy atom. The fourth-order valence-electron chi connectivity index (χ4n) is 7.05. The summed E-state index contributed by atoms with van der Waals surface area (Å²) >= 11 is 0. The van der Waals surface area contributed by atoms with E-state index < -0.39 is 12.1 Å².